The maximum atomic E-state index is 6.17. The molecule has 0 saturated heterocycles. The van der Waals surface area contributed by atoms with Gasteiger partial charge in [-0.1, -0.05) is 13.8 Å². The minimum Gasteiger partial charge on any atom is -0.496 e. The van der Waals surface area contributed by atoms with Crippen LogP contribution in [0.5, 0.6) is 11.5 Å². The summed E-state index contributed by atoms with van der Waals surface area (Å²) in [6.07, 6.45) is 6.74. The van der Waals surface area contributed by atoms with Crippen LogP contribution >= 0.6 is 0 Å². The number of nitrogens with one attached hydrogen (secondary N) is 1. The Labute approximate surface area is 187 Å². The van der Waals surface area contributed by atoms with Gasteiger partial charge in [-0.15, -0.1) is 0 Å². The SMILES string of the molecule is CCC(C)c1cc2c(Nc3cc(-c4ccco4)ccc3OC3CC3)ncnc2cc1OC. The molecule has 6 heteroatoms. The first kappa shape index (κ1) is 20.4. The lowest BCUT2D eigenvalue weighted by atomic mass is 9.96. The molecule has 1 aliphatic carbocycles. The Bertz CT molecular complexity index is 1230. The number of hydrogen-bond acceptors (Lipinski definition) is 6. The fraction of sp³-hybridized carbons (Fsp3) is 0.308. The van der Waals surface area contributed by atoms with Gasteiger partial charge in [-0.3, -0.25) is 0 Å². The van der Waals surface area contributed by atoms with E-state index in [4.69, 9.17) is 13.9 Å². The van der Waals surface area contributed by atoms with Crippen LogP contribution in [0.2, 0.25) is 0 Å². The molecule has 0 aliphatic heterocycles. The molecule has 1 unspecified atom stereocenters. The van der Waals surface area contributed by atoms with Gasteiger partial charge in [0.05, 0.1) is 30.7 Å². The molecule has 1 atom stereocenters. The van der Waals surface area contributed by atoms with Crippen LogP contribution in [-0.2, 0) is 0 Å². The van der Waals surface area contributed by atoms with E-state index >= 15 is 0 Å². The lowest BCUT2D eigenvalue weighted by molar-refractivity contribution is 0.305. The van der Waals surface area contributed by atoms with E-state index in [1.807, 2.05) is 36.4 Å². The van der Waals surface area contributed by atoms with Gasteiger partial charge < -0.3 is 19.2 Å². The van der Waals surface area contributed by atoms with E-state index < -0.39 is 0 Å². The van der Waals surface area contributed by atoms with Crippen LogP contribution in [0.4, 0.5) is 11.5 Å². The predicted octanol–water partition coefficient (Wildman–Crippen LogP) is 6.70. The summed E-state index contributed by atoms with van der Waals surface area (Å²) in [6, 6.07) is 14.0. The predicted molar refractivity (Wildman–Crippen MR) is 126 cm³/mol. The van der Waals surface area contributed by atoms with E-state index in [0.717, 1.165) is 70.1 Å². The molecule has 4 aromatic rings. The van der Waals surface area contributed by atoms with Crippen LogP contribution in [0.1, 0.15) is 44.6 Å². The van der Waals surface area contributed by atoms with Crippen molar-refractivity contribution >= 4 is 22.4 Å². The second-order valence-electron chi connectivity index (χ2n) is 8.27. The molecule has 1 N–H and O–H groups in total. The van der Waals surface area contributed by atoms with E-state index in [1.165, 1.54) is 0 Å². The largest absolute Gasteiger partial charge is 0.496 e. The number of aromatic nitrogens is 2. The van der Waals surface area contributed by atoms with Gasteiger partial charge in [-0.05, 0) is 67.1 Å². The highest BCUT2D eigenvalue weighted by molar-refractivity contribution is 5.93. The molecule has 6 nitrogen and oxygen atoms in total. The molecule has 2 heterocycles. The molecule has 2 aromatic heterocycles. The number of nitrogens with zero attached hydrogens (tertiary/aromatic N) is 2. The summed E-state index contributed by atoms with van der Waals surface area (Å²) in [5.41, 5.74) is 3.81. The molecule has 1 fully saturated rings. The van der Waals surface area contributed by atoms with Crippen molar-refractivity contribution in [3.63, 3.8) is 0 Å². The van der Waals surface area contributed by atoms with Gasteiger partial charge in [0.25, 0.3) is 0 Å². The lowest BCUT2D eigenvalue weighted by Gasteiger charge is -2.18. The molecule has 0 radical (unpaired) electrons. The van der Waals surface area contributed by atoms with Crippen molar-refractivity contribution in [1.29, 1.82) is 0 Å². The van der Waals surface area contributed by atoms with Crippen molar-refractivity contribution in [3.05, 3.63) is 60.6 Å². The number of fused-ring (bicyclic) bond motifs is 1. The number of benzene rings is 2. The van der Waals surface area contributed by atoms with Crippen LogP contribution in [-0.4, -0.2) is 23.2 Å². The first-order chi connectivity index (χ1) is 15.7. The first-order valence-electron chi connectivity index (χ1n) is 11.1. The van der Waals surface area contributed by atoms with Crippen molar-refractivity contribution in [2.24, 2.45) is 0 Å². The maximum Gasteiger partial charge on any atom is 0.143 e. The Morgan fingerprint density at radius 1 is 1.12 bits per heavy atom. The molecule has 1 saturated carbocycles. The van der Waals surface area contributed by atoms with Crippen LogP contribution in [0.3, 0.4) is 0 Å². The molecule has 1 aliphatic rings. The quantitative estimate of drug-likeness (QED) is 0.336. The Hall–Kier alpha value is -3.54. The summed E-state index contributed by atoms with van der Waals surface area (Å²) in [5.74, 6) is 3.57. The fourth-order valence-electron chi connectivity index (χ4n) is 3.80. The van der Waals surface area contributed by atoms with Crippen molar-refractivity contribution in [1.82, 2.24) is 9.97 Å². The normalized spacial score (nSPS) is 14.3. The van der Waals surface area contributed by atoms with E-state index in [1.54, 1.807) is 19.7 Å². The molecule has 0 bridgehead atoms. The van der Waals surface area contributed by atoms with Crippen LogP contribution in [0.15, 0.2) is 59.5 Å². The number of anilines is 2. The number of hydrogen-bond donors (Lipinski definition) is 1. The van der Waals surface area contributed by atoms with Gasteiger partial charge in [0.2, 0.25) is 0 Å². The Balaban J connectivity index is 1.59. The van der Waals surface area contributed by atoms with Crippen LogP contribution in [0, 0.1) is 0 Å². The minimum atomic E-state index is 0.286. The van der Waals surface area contributed by atoms with E-state index in [9.17, 15) is 0 Å². The zero-order chi connectivity index (χ0) is 22.1. The second-order valence-corrected chi connectivity index (χ2v) is 8.27. The average Bonchev–Trinajstić information content (AvgIpc) is 3.47. The third kappa shape index (κ3) is 4.00. The van der Waals surface area contributed by atoms with Gasteiger partial charge >= 0.3 is 0 Å². The zero-order valence-electron chi connectivity index (χ0n) is 18.6. The Morgan fingerprint density at radius 3 is 2.72 bits per heavy atom. The molecule has 5 rings (SSSR count). The fourth-order valence-corrected chi connectivity index (χ4v) is 3.80. The highest BCUT2D eigenvalue weighted by atomic mass is 16.5. The van der Waals surface area contributed by atoms with Crippen LogP contribution in [0.25, 0.3) is 22.2 Å². The topological polar surface area (TPSA) is 69.4 Å². The van der Waals surface area contributed by atoms with Gasteiger partial charge in [0, 0.05) is 17.0 Å². The third-order valence-corrected chi connectivity index (χ3v) is 5.99. The lowest BCUT2D eigenvalue weighted by Crippen LogP contribution is -2.03. The summed E-state index contributed by atoms with van der Waals surface area (Å²) in [7, 11) is 1.70. The number of ether oxygens (including phenoxy) is 2. The van der Waals surface area contributed by atoms with E-state index in [-0.39, 0.29) is 6.10 Å². The Kier molecular flexibility index (Phi) is 5.43. The summed E-state index contributed by atoms with van der Waals surface area (Å²) in [6.45, 7) is 4.38. The monoisotopic (exact) mass is 429 g/mol. The number of methoxy groups -OCH3 is 1. The summed E-state index contributed by atoms with van der Waals surface area (Å²) in [5, 5.41) is 4.46. The highest BCUT2D eigenvalue weighted by Gasteiger charge is 2.25. The molecule has 164 valence electrons. The third-order valence-electron chi connectivity index (χ3n) is 5.99. The standard InChI is InChI=1S/C26H27N3O3/c1-4-16(2)19-13-20-21(14-25(19)30-3)27-15-28-26(20)29-22-12-17(23-6-5-11-31-23)7-10-24(22)32-18-8-9-18/h5-7,10-16,18H,4,8-9H2,1-3H3,(H,27,28,29). The highest BCUT2D eigenvalue weighted by Crippen LogP contribution is 2.39. The average molecular weight is 430 g/mol. The van der Waals surface area contributed by atoms with Crippen LogP contribution < -0.4 is 14.8 Å². The molecule has 0 amide bonds. The summed E-state index contributed by atoms with van der Waals surface area (Å²) in [4.78, 5) is 9.05. The molecule has 32 heavy (non-hydrogen) atoms. The molecule has 2 aromatic carbocycles. The van der Waals surface area contributed by atoms with Crippen molar-refractivity contribution < 1.29 is 13.9 Å². The molecular weight excluding hydrogens is 402 g/mol. The smallest absolute Gasteiger partial charge is 0.143 e. The minimum absolute atomic E-state index is 0.286. The Morgan fingerprint density at radius 2 is 2.00 bits per heavy atom. The van der Waals surface area contributed by atoms with E-state index in [0.29, 0.717) is 5.92 Å². The van der Waals surface area contributed by atoms with Gasteiger partial charge in [-0.25, -0.2) is 9.97 Å². The van der Waals surface area contributed by atoms with E-state index in [2.05, 4.69) is 35.2 Å². The van der Waals surface area contributed by atoms with Gasteiger partial charge in [0.15, 0.2) is 0 Å². The zero-order valence-corrected chi connectivity index (χ0v) is 18.6. The van der Waals surface area contributed by atoms with Crippen molar-refractivity contribution in [2.45, 2.75) is 45.1 Å². The van der Waals surface area contributed by atoms with Crippen molar-refractivity contribution in [3.8, 4) is 22.8 Å². The van der Waals surface area contributed by atoms with Gasteiger partial charge in [0.1, 0.15) is 29.4 Å². The van der Waals surface area contributed by atoms with Gasteiger partial charge in [-0.2, -0.15) is 0 Å². The van der Waals surface area contributed by atoms with Crippen molar-refractivity contribution in [2.75, 3.05) is 12.4 Å². The molecule has 0 spiro atoms. The number of furan rings is 1. The second kappa shape index (κ2) is 8.54. The summed E-state index contributed by atoms with van der Waals surface area (Å²) >= 11 is 0. The molecular formula is C26H27N3O3. The first-order valence-corrected chi connectivity index (χ1v) is 11.1. The maximum absolute atomic E-state index is 6.17. The summed E-state index contributed by atoms with van der Waals surface area (Å²) < 4.78 is 17.4. The number of rotatable bonds is 8.